The largest absolute Gasteiger partial charge is 0.326 e. The molecule has 0 bridgehead atoms. The predicted octanol–water partition coefficient (Wildman–Crippen LogP) is 4.08. The minimum Gasteiger partial charge on any atom is -0.326 e. The number of rotatable bonds is 5. The highest BCUT2D eigenvalue weighted by molar-refractivity contribution is 6.30. The molecule has 1 aromatic carbocycles. The quantitative estimate of drug-likeness (QED) is 0.865. The fourth-order valence-corrected chi connectivity index (χ4v) is 1.73. The molecule has 4 heteroatoms. The SMILES string of the molecule is CCCCn1ccnc1Nc1ccc(Cl)cc1. The molecule has 0 saturated carbocycles. The zero-order valence-corrected chi connectivity index (χ0v) is 10.6. The van der Waals surface area contributed by atoms with E-state index in [0.29, 0.717) is 0 Å². The Morgan fingerprint density at radius 2 is 2.06 bits per heavy atom. The first-order valence-corrected chi connectivity index (χ1v) is 6.21. The molecular weight excluding hydrogens is 234 g/mol. The maximum absolute atomic E-state index is 5.84. The Balaban J connectivity index is 2.07. The van der Waals surface area contributed by atoms with Gasteiger partial charge in [-0.05, 0) is 30.7 Å². The van der Waals surface area contributed by atoms with Crippen molar-refractivity contribution in [2.45, 2.75) is 26.3 Å². The molecule has 17 heavy (non-hydrogen) atoms. The summed E-state index contributed by atoms with van der Waals surface area (Å²) in [5.74, 6) is 0.876. The number of hydrogen-bond acceptors (Lipinski definition) is 2. The van der Waals surface area contributed by atoms with Crippen molar-refractivity contribution in [3.05, 3.63) is 41.7 Å². The molecule has 0 saturated heterocycles. The number of benzene rings is 1. The second kappa shape index (κ2) is 5.73. The average Bonchev–Trinajstić information content (AvgIpc) is 2.77. The fraction of sp³-hybridized carbons (Fsp3) is 0.308. The highest BCUT2D eigenvalue weighted by Crippen LogP contribution is 2.18. The van der Waals surface area contributed by atoms with Crippen molar-refractivity contribution in [3.8, 4) is 0 Å². The van der Waals surface area contributed by atoms with Gasteiger partial charge in [0.25, 0.3) is 0 Å². The molecule has 2 rings (SSSR count). The summed E-state index contributed by atoms with van der Waals surface area (Å²) in [6.07, 6.45) is 6.14. The van der Waals surface area contributed by atoms with E-state index in [1.165, 1.54) is 6.42 Å². The zero-order valence-electron chi connectivity index (χ0n) is 9.86. The number of aryl methyl sites for hydroxylation is 1. The highest BCUT2D eigenvalue weighted by atomic mass is 35.5. The highest BCUT2D eigenvalue weighted by Gasteiger charge is 2.02. The zero-order chi connectivity index (χ0) is 12.1. The Labute approximate surface area is 106 Å². The lowest BCUT2D eigenvalue weighted by Crippen LogP contribution is -2.03. The van der Waals surface area contributed by atoms with E-state index in [-0.39, 0.29) is 0 Å². The van der Waals surface area contributed by atoms with E-state index < -0.39 is 0 Å². The van der Waals surface area contributed by atoms with E-state index in [4.69, 9.17) is 11.6 Å². The van der Waals surface area contributed by atoms with E-state index in [2.05, 4.69) is 21.8 Å². The minimum absolute atomic E-state index is 0.741. The Morgan fingerprint density at radius 3 is 2.76 bits per heavy atom. The standard InChI is InChI=1S/C13H16ClN3/c1-2-3-9-17-10-8-15-13(17)16-12-6-4-11(14)5-7-12/h4-8,10H,2-3,9H2,1H3,(H,15,16). The minimum atomic E-state index is 0.741. The molecule has 90 valence electrons. The summed E-state index contributed by atoms with van der Waals surface area (Å²) in [6, 6.07) is 7.62. The molecule has 0 amide bonds. The third-order valence-electron chi connectivity index (χ3n) is 2.57. The molecule has 1 aromatic heterocycles. The molecular formula is C13H16ClN3. The number of nitrogens with zero attached hydrogens (tertiary/aromatic N) is 2. The molecule has 0 aliphatic rings. The van der Waals surface area contributed by atoms with Gasteiger partial charge in [0.2, 0.25) is 5.95 Å². The number of unbranched alkanes of at least 4 members (excludes halogenated alkanes) is 1. The van der Waals surface area contributed by atoms with Crippen LogP contribution >= 0.6 is 11.6 Å². The van der Waals surface area contributed by atoms with Gasteiger partial charge in [-0.15, -0.1) is 0 Å². The number of halogens is 1. The molecule has 0 radical (unpaired) electrons. The summed E-state index contributed by atoms with van der Waals surface area (Å²) >= 11 is 5.84. The van der Waals surface area contributed by atoms with Crippen LogP contribution in [0.2, 0.25) is 5.02 Å². The second-order valence-corrected chi connectivity index (χ2v) is 4.37. The first kappa shape index (κ1) is 12.0. The Kier molecular flexibility index (Phi) is 4.04. The third-order valence-corrected chi connectivity index (χ3v) is 2.82. The van der Waals surface area contributed by atoms with E-state index in [9.17, 15) is 0 Å². The monoisotopic (exact) mass is 249 g/mol. The summed E-state index contributed by atoms with van der Waals surface area (Å²) in [5, 5.41) is 4.02. The van der Waals surface area contributed by atoms with E-state index >= 15 is 0 Å². The summed E-state index contributed by atoms with van der Waals surface area (Å²) < 4.78 is 2.12. The molecule has 1 N–H and O–H groups in total. The lowest BCUT2D eigenvalue weighted by atomic mass is 10.3. The number of imidazole rings is 1. The first-order chi connectivity index (χ1) is 8.29. The molecule has 0 unspecified atom stereocenters. The Morgan fingerprint density at radius 1 is 1.29 bits per heavy atom. The maximum atomic E-state index is 5.84. The van der Waals surface area contributed by atoms with Gasteiger partial charge in [0.1, 0.15) is 0 Å². The molecule has 0 fully saturated rings. The number of nitrogens with one attached hydrogen (secondary N) is 1. The number of aromatic nitrogens is 2. The van der Waals surface area contributed by atoms with Crippen LogP contribution in [0.25, 0.3) is 0 Å². The fourth-order valence-electron chi connectivity index (χ4n) is 1.60. The average molecular weight is 250 g/mol. The summed E-state index contributed by atoms with van der Waals surface area (Å²) in [4.78, 5) is 4.31. The summed E-state index contributed by atoms with van der Waals surface area (Å²) in [7, 11) is 0. The van der Waals surface area contributed by atoms with Crippen LogP contribution in [0.15, 0.2) is 36.7 Å². The van der Waals surface area contributed by atoms with E-state index in [1.807, 2.05) is 36.7 Å². The third kappa shape index (κ3) is 3.24. The van der Waals surface area contributed by atoms with Crippen LogP contribution in [-0.2, 0) is 6.54 Å². The van der Waals surface area contributed by atoms with Gasteiger partial charge in [-0.1, -0.05) is 24.9 Å². The van der Waals surface area contributed by atoms with Crippen LogP contribution in [0, 0.1) is 0 Å². The van der Waals surface area contributed by atoms with Gasteiger partial charge >= 0.3 is 0 Å². The number of hydrogen-bond donors (Lipinski definition) is 1. The first-order valence-electron chi connectivity index (χ1n) is 5.83. The predicted molar refractivity (Wildman–Crippen MR) is 71.9 cm³/mol. The van der Waals surface area contributed by atoms with E-state index in [1.54, 1.807) is 0 Å². The molecule has 0 aliphatic heterocycles. The van der Waals surface area contributed by atoms with Crippen molar-refractivity contribution >= 4 is 23.2 Å². The van der Waals surface area contributed by atoms with Gasteiger partial charge in [-0.2, -0.15) is 0 Å². The van der Waals surface area contributed by atoms with Crippen LogP contribution in [0.3, 0.4) is 0 Å². The van der Waals surface area contributed by atoms with Crippen LogP contribution in [0.1, 0.15) is 19.8 Å². The van der Waals surface area contributed by atoms with Crippen molar-refractivity contribution in [2.75, 3.05) is 5.32 Å². The van der Waals surface area contributed by atoms with Crippen LogP contribution < -0.4 is 5.32 Å². The lowest BCUT2D eigenvalue weighted by molar-refractivity contribution is 0.638. The van der Waals surface area contributed by atoms with Crippen molar-refractivity contribution < 1.29 is 0 Å². The van der Waals surface area contributed by atoms with Crippen molar-refractivity contribution in [3.63, 3.8) is 0 Å². The van der Waals surface area contributed by atoms with Gasteiger partial charge in [0, 0.05) is 29.6 Å². The normalized spacial score (nSPS) is 10.5. The Bertz CT molecular complexity index is 462. The molecule has 3 nitrogen and oxygen atoms in total. The lowest BCUT2D eigenvalue weighted by Gasteiger charge is -2.09. The topological polar surface area (TPSA) is 29.9 Å². The maximum Gasteiger partial charge on any atom is 0.207 e. The van der Waals surface area contributed by atoms with Crippen LogP contribution in [0.4, 0.5) is 11.6 Å². The van der Waals surface area contributed by atoms with Crippen LogP contribution in [0.5, 0.6) is 0 Å². The molecule has 0 aliphatic carbocycles. The molecule has 0 spiro atoms. The Hall–Kier alpha value is -1.48. The van der Waals surface area contributed by atoms with Crippen LogP contribution in [-0.4, -0.2) is 9.55 Å². The smallest absolute Gasteiger partial charge is 0.207 e. The van der Waals surface area contributed by atoms with Crippen molar-refractivity contribution in [2.24, 2.45) is 0 Å². The van der Waals surface area contributed by atoms with E-state index in [0.717, 1.165) is 29.6 Å². The van der Waals surface area contributed by atoms with Gasteiger partial charge in [-0.25, -0.2) is 4.98 Å². The summed E-state index contributed by atoms with van der Waals surface area (Å²) in [6.45, 7) is 3.18. The molecule has 2 aromatic rings. The van der Waals surface area contributed by atoms with Gasteiger partial charge in [0.15, 0.2) is 0 Å². The summed E-state index contributed by atoms with van der Waals surface area (Å²) in [5.41, 5.74) is 0.998. The molecule has 0 atom stereocenters. The van der Waals surface area contributed by atoms with Gasteiger partial charge < -0.3 is 9.88 Å². The molecule has 1 heterocycles. The van der Waals surface area contributed by atoms with Gasteiger partial charge in [0.05, 0.1) is 0 Å². The van der Waals surface area contributed by atoms with Crippen molar-refractivity contribution in [1.29, 1.82) is 0 Å². The van der Waals surface area contributed by atoms with Crippen molar-refractivity contribution in [1.82, 2.24) is 9.55 Å². The van der Waals surface area contributed by atoms with Gasteiger partial charge in [-0.3, -0.25) is 0 Å². The number of anilines is 2. The second-order valence-electron chi connectivity index (χ2n) is 3.93.